The van der Waals surface area contributed by atoms with E-state index in [4.69, 9.17) is 0 Å². The van der Waals surface area contributed by atoms with Crippen LogP contribution in [0.5, 0.6) is 0 Å². The first kappa shape index (κ1) is 21.5. The van der Waals surface area contributed by atoms with Crippen LogP contribution in [-0.4, -0.2) is 31.4 Å². The zero-order valence-corrected chi connectivity index (χ0v) is 17.8. The number of anilines is 3. The second kappa shape index (κ2) is 9.40. The summed E-state index contributed by atoms with van der Waals surface area (Å²) in [6.45, 7) is 13.5. The number of benzene rings is 2. The number of nitrogens with zero attached hydrogens (tertiary/aromatic N) is 2. The third-order valence-corrected chi connectivity index (χ3v) is 4.81. The third kappa shape index (κ3) is 5.35. The summed E-state index contributed by atoms with van der Waals surface area (Å²) in [6, 6.07) is 11.9. The number of amides is 2. The summed E-state index contributed by atoms with van der Waals surface area (Å²) in [5, 5.41) is 2.95. The minimum Gasteiger partial charge on any atom is -0.372 e. The molecule has 0 saturated carbocycles. The minimum absolute atomic E-state index is 0.0184. The Morgan fingerprint density at radius 1 is 0.893 bits per heavy atom. The molecule has 0 spiro atoms. The minimum atomic E-state index is -0.215. The highest BCUT2D eigenvalue weighted by Gasteiger charge is 2.17. The first-order valence-corrected chi connectivity index (χ1v) is 9.77. The SMILES string of the molecule is CCN(CC)c1ccc(NC(=O)CN(C(C)=O)c2cc(C)cc(C)c2)c(C)c1. The Balaban J connectivity index is 2.16. The van der Waals surface area contributed by atoms with Crippen LogP contribution in [0.1, 0.15) is 37.5 Å². The zero-order chi connectivity index (χ0) is 20.8. The maximum absolute atomic E-state index is 12.6. The van der Waals surface area contributed by atoms with Crippen molar-refractivity contribution in [1.82, 2.24) is 0 Å². The van der Waals surface area contributed by atoms with E-state index in [1.165, 1.54) is 11.8 Å². The molecule has 2 rings (SSSR count). The Morgan fingerprint density at radius 2 is 1.50 bits per heavy atom. The summed E-state index contributed by atoms with van der Waals surface area (Å²) >= 11 is 0. The van der Waals surface area contributed by atoms with Gasteiger partial charge in [-0.3, -0.25) is 9.59 Å². The molecule has 0 bridgehead atoms. The van der Waals surface area contributed by atoms with E-state index in [0.717, 1.165) is 46.8 Å². The Hall–Kier alpha value is -2.82. The van der Waals surface area contributed by atoms with Crippen LogP contribution in [0.4, 0.5) is 17.1 Å². The highest BCUT2D eigenvalue weighted by atomic mass is 16.2. The van der Waals surface area contributed by atoms with Gasteiger partial charge >= 0.3 is 0 Å². The predicted molar refractivity (Wildman–Crippen MR) is 117 cm³/mol. The molecule has 0 aromatic heterocycles. The van der Waals surface area contributed by atoms with E-state index in [2.05, 4.69) is 30.1 Å². The number of hydrogen-bond donors (Lipinski definition) is 1. The van der Waals surface area contributed by atoms with Gasteiger partial charge in [-0.15, -0.1) is 0 Å². The van der Waals surface area contributed by atoms with Crippen LogP contribution >= 0.6 is 0 Å². The van der Waals surface area contributed by atoms with Crippen molar-refractivity contribution in [1.29, 1.82) is 0 Å². The van der Waals surface area contributed by atoms with Crippen molar-refractivity contribution in [3.63, 3.8) is 0 Å². The van der Waals surface area contributed by atoms with Crippen molar-refractivity contribution in [2.75, 3.05) is 34.8 Å². The van der Waals surface area contributed by atoms with Gasteiger partial charge in [-0.1, -0.05) is 6.07 Å². The van der Waals surface area contributed by atoms with Gasteiger partial charge in [-0.25, -0.2) is 0 Å². The molecule has 150 valence electrons. The van der Waals surface area contributed by atoms with Crippen LogP contribution in [0.15, 0.2) is 36.4 Å². The normalized spacial score (nSPS) is 10.5. The summed E-state index contributed by atoms with van der Waals surface area (Å²) in [7, 11) is 0. The summed E-state index contributed by atoms with van der Waals surface area (Å²) in [4.78, 5) is 28.6. The summed E-state index contributed by atoms with van der Waals surface area (Å²) in [5.74, 6) is -0.373. The second-order valence-corrected chi connectivity index (χ2v) is 7.17. The van der Waals surface area contributed by atoms with Gasteiger partial charge in [0.15, 0.2) is 0 Å². The Kier molecular flexibility index (Phi) is 7.21. The lowest BCUT2D eigenvalue weighted by Gasteiger charge is -2.23. The molecule has 2 aromatic carbocycles. The number of hydrogen-bond acceptors (Lipinski definition) is 3. The van der Waals surface area contributed by atoms with Crippen LogP contribution in [-0.2, 0) is 9.59 Å². The number of carbonyl (C=O) groups is 2. The molecule has 1 N–H and O–H groups in total. The Labute approximate surface area is 168 Å². The van der Waals surface area contributed by atoms with Crippen molar-refractivity contribution >= 4 is 28.9 Å². The molecule has 5 heteroatoms. The molecular weight excluding hydrogens is 350 g/mol. The maximum Gasteiger partial charge on any atom is 0.244 e. The molecule has 0 fully saturated rings. The van der Waals surface area contributed by atoms with Crippen molar-refractivity contribution in [3.05, 3.63) is 53.1 Å². The Bertz CT molecular complexity index is 837. The van der Waals surface area contributed by atoms with E-state index < -0.39 is 0 Å². The van der Waals surface area contributed by atoms with Crippen LogP contribution in [0.25, 0.3) is 0 Å². The number of rotatable bonds is 7. The predicted octanol–water partition coefficient (Wildman–Crippen LogP) is 4.45. The standard InChI is InChI=1S/C23H31N3O2/c1-7-25(8-2)20-9-10-22(18(5)14-20)24-23(28)15-26(19(6)27)21-12-16(3)11-17(4)13-21/h9-14H,7-8,15H2,1-6H3,(H,24,28). The van der Waals surface area contributed by atoms with Crippen molar-refractivity contribution in [2.24, 2.45) is 0 Å². The van der Waals surface area contributed by atoms with Gasteiger partial charge in [0.25, 0.3) is 0 Å². The molecule has 2 amide bonds. The van der Waals surface area contributed by atoms with Gasteiger partial charge in [0.05, 0.1) is 0 Å². The smallest absolute Gasteiger partial charge is 0.244 e. The van der Waals surface area contributed by atoms with Crippen molar-refractivity contribution in [2.45, 2.75) is 41.5 Å². The van der Waals surface area contributed by atoms with E-state index in [1.807, 2.05) is 51.1 Å². The molecule has 2 aromatic rings. The van der Waals surface area contributed by atoms with Crippen LogP contribution in [0, 0.1) is 20.8 Å². The van der Waals surface area contributed by atoms with Gasteiger partial charge in [0.2, 0.25) is 11.8 Å². The van der Waals surface area contributed by atoms with E-state index >= 15 is 0 Å². The van der Waals surface area contributed by atoms with Gasteiger partial charge in [0, 0.05) is 37.1 Å². The number of aryl methyl sites for hydroxylation is 3. The molecule has 0 unspecified atom stereocenters. The van der Waals surface area contributed by atoms with Gasteiger partial charge < -0.3 is 15.1 Å². The first-order valence-electron chi connectivity index (χ1n) is 9.77. The van der Waals surface area contributed by atoms with Gasteiger partial charge in [0.1, 0.15) is 6.54 Å². The monoisotopic (exact) mass is 381 g/mol. The molecule has 0 heterocycles. The average Bonchev–Trinajstić information content (AvgIpc) is 2.61. The molecule has 0 saturated heterocycles. The first-order chi connectivity index (χ1) is 13.2. The van der Waals surface area contributed by atoms with E-state index in [1.54, 1.807) is 0 Å². The van der Waals surface area contributed by atoms with Crippen molar-refractivity contribution in [3.8, 4) is 0 Å². The highest BCUT2D eigenvalue weighted by Crippen LogP contribution is 2.23. The summed E-state index contributed by atoms with van der Waals surface area (Å²) < 4.78 is 0. The average molecular weight is 382 g/mol. The molecule has 0 aliphatic rings. The van der Waals surface area contributed by atoms with E-state index in [9.17, 15) is 9.59 Å². The Morgan fingerprint density at radius 3 is 2.00 bits per heavy atom. The lowest BCUT2D eigenvalue weighted by Crippen LogP contribution is -2.36. The zero-order valence-electron chi connectivity index (χ0n) is 17.8. The van der Waals surface area contributed by atoms with Crippen LogP contribution < -0.4 is 15.1 Å². The molecule has 0 aliphatic heterocycles. The fourth-order valence-corrected chi connectivity index (χ4v) is 3.40. The lowest BCUT2D eigenvalue weighted by atomic mass is 10.1. The molecule has 0 atom stereocenters. The number of carbonyl (C=O) groups excluding carboxylic acids is 2. The quantitative estimate of drug-likeness (QED) is 0.771. The highest BCUT2D eigenvalue weighted by molar-refractivity contribution is 6.02. The lowest BCUT2D eigenvalue weighted by molar-refractivity contribution is -0.120. The number of nitrogens with one attached hydrogen (secondary N) is 1. The summed E-state index contributed by atoms with van der Waals surface area (Å²) in [5.41, 5.74) is 5.77. The van der Waals surface area contributed by atoms with E-state index in [0.29, 0.717) is 0 Å². The summed E-state index contributed by atoms with van der Waals surface area (Å²) in [6.07, 6.45) is 0. The van der Waals surface area contributed by atoms with Gasteiger partial charge in [-0.2, -0.15) is 0 Å². The molecule has 0 radical (unpaired) electrons. The van der Waals surface area contributed by atoms with Gasteiger partial charge in [-0.05, 0) is 81.6 Å². The third-order valence-electron chi connectivity index (χ3n) is 4.81. The van der Waals surface area contributed by atoms with Crippen molar-refractivity contribution < 1.29 is 9.59 Å². The fourth-order valence-electron chi connectivity index (χ4n) is 3.40. The van der Waals surface area contributed by atoms with Crippen LogP contribution in [0.3, 0.4) is 0 Å². The topological polar surface area (TPSA) is 52.7 Å². The molecular formula is C23H31N3O2. The maximum atomic E-state index is 12.6. The largest absolute Gasteiger partial charge is 0.372 e. The molecule has 0 aliphatic carbocycles. The second-order valence-electron chi connectivity index (χ2n) is 7.17. The van der Waals surface area contributed by atoms with E-state index in [-0.39, 0.29) is 18.4 Å². The fraction of sp³-hybridized carbons (Fsp3) is 0.391. The van der Waals surface area contributed by atoms with Crippen LogP contribution in [0.2, 0.25) is 0 Å². The molecule has 5 nitrogen and oxygen atoms in total. The molecule has 28 heavy (non-hydrogen) atoms.